The molecule has 0 radical (unpaired) electrons. The van der Waals surface area contributed by atoms with Gasteiger partial charge in [0.1, 0.15) is 14.7 Å². The van der Waals surface area contributed by atoms with Crippen molar-refractivity contribution in [3.05, 3.63) is 66.0 Å². The maximum Gasteiger partial charge on any atom is 0.419 e. The largest absolute Gasteiger partial charge is 0.480 e. The summed E-state index contributed by atoms with van der Waals surface area (Å²) in [4.78, 5) is 12.1. The molecule has 0 amide bonds. The summed E-state index contributed by atoms with van der Waals surface area (Å²) < 4.78 is 67.3. The van der Waals surface area contributed by atoms with Gasteiger partial charge in [-0.2, -0.15) is 23.0 Å². The number of hydrogen-bond donors (Lipinski definition) is 2. The molecule has 1 aliphatic rings. The molecule has 2 N–H and O–H groups in total. The van der Waals surface area contributed by atoms with E-state index in [1.165, 1.54) is 12.1 Å². The summed E-state index contributed by atoms with van der Waals surface area (Å²) in [6.45, 7) is 1.65. The Morgan fingerprint density at radius 2 is 1.90 bits per heavy atom. The Labute approximate surface area is 179 Å². The van der Waals surface area contributed by atoms with Crippen LogP contribution in [0.15, 0.2) is 59.1 Å². The molecule has 4 rings (SSSR count). The molecule has 1 saturated carbocycles. The summed E-state index contributed by atoms with van der Waals surface area (Å²) >= 11 is 0.685. The Morgan fingerprint density at radius 1 is 1.23 bits per heavy atom. The van der Waals surface area contributed by atoms with Gasteiger partial charge in [-0.1, -0.05) is 37.3 Å². The second-order valence-electron chi connectivity index (χ2n) is 7.22. The monoisotopic (exact) mass is 471 g/mol. The molecule has 0 spiro atoms. The van der Waals surface area contributed by atoms with Gasteiger partial charge in [0.05, 0.1) is 11.8 Å². The Hall–Kier alpha value is -2.70. The van der Waals surface area contributed by atoms with E-state index in [0.29, 0.717) is 23.1 Å². The molecule has 0 aliphatic heterocycles. The van der Waals surface area contributed by atoms with Crippen molar-refractivity contribution >= 4 is 27.3 Å². The highest BCUT2D eigenvalue weighted by Crippen LogP contribution is 2.58. The minimum Gasteiger partial charge on any atom is -0.480 e. The smallest absolute Gasteiger partial charge is 0.419 e. The minimum atomic E-state index is -4.57. The van der Waals surface area contributed by atoms with Crippen LogP contribution >= 0.6 is 11.3 Å². The molecule has 2 heterocycles. The second-order valence-corrected chi connectivity index (χ2v) is 10.2. The van der Waals surface area contributed by atoms with Gasteiger partial charge in [-0.15, -0.1) is 11.3 Å². The summed E-state index contributed by atoms with van der Waals surface area (Å²) in [7, 11) is -4.26. The quantitative estimate of drug-likeness (QED) is 0.573. The number of carboxylic acid groups (broad SMARTS) is 1. The van der Waals surface area contributed by atoms with Gasteiger partial charge in [0.2, 0.25) is 0 Å². The molecule has 0 bridgehead atoms. The van der Waals surface area contributed by atoms with E-state index < -0.39 is 45.1 Å². The van der Waals surface area contributed by atoms with E-state index in [9.17, 15) is 31.5 Å². The summed E-state index contributed by atoms with van der Waals surface area (Å²) in [6.07, 6.45) is -3.18. The van der Waals surface area contributed by atoms with Gasteiger partial charge in [0.15, 0.2) is 0 Å². The highest BCUT2D eigenvalue weighted by atomic mass is 32.2. The zero-order valence-electron chi connectivity index (χ0n) is 15.9. The number of aliphatic carboxylic acids is 1. The average molecular weight is 471 g/mol. The molecule has 7 nitrogen and oxygen atoms in total. The van der Waals surface area contributed by atoms with Gasteiger partial charge in [0, 0.05) is 12.1 Å². The molecule has 3 atom stereocenters. The van der Waals surface area contributed by atoms with Crippen molar-refractivity contribution in [1.29, 1.82) is 0 Å². The molecule has 1 unspecified atom stereocenters. The lowest BCUT2D eigenvalue weighted by atomic mass is 10.1. The lowest BCUT2D eigenvalue weighted by Crippen LogP contribution is -2.45. The van der Waals surface area contributed by atoms with Crippen molar-refractivity contribution in [2.75, 3.05) is 0 Å². The van der Waals surface area contributed by atoms with Crippen LogP contribution in [0.5, 0.6) is 0 Å². The van der Waals surface area contributed by atoms with Crippen molar-refractivity contribution in [2.24, 2.45) is 5.92 Å². The Morgan fingerprint density at radius 3 is 2.48 bits per heavy atom. The fraction of sp³-hybridized carbons (Fsp3) is 0.263. The predicted octanol–water partition coefficient (Wildman–Crippen LogP) is 3.49. The number of halogens is 3. The average Bonchev–Trinajstić information content (AvgIpc) is 3.13. The van der Waals surface area contributed by atoms with Gasteiger partial charge < -0.3 is 5.11 Å². The van der Waals surface area contributed by atoms with E-state index >= 15 is 0 Å². The maximum atomic E-state index is 13.0. The first-order chi connectivity index (χ1) is 14.5. The first-order valence-corrected chi connectivity index (χ1v) is 11.3. The van der Waals surface area contributed by atoms with E-state index in [1.54, 1.807) is 37.3 Å². The number of aromatic nitrogens is 2. The van der Waals surface area contributed by atoms with E-state index in [0.717, 1.165) is 10.9 Å². The first-order valence-electron chi connectivity index (χ1n) is 9.01. The second kappa shape index (κ2) is 7.18. The normalized spacial score (nSPS) is 23.6. The SMILES string of the molecule is CC1[C@H](c2ccccc2)[C@]1(NS(=O)(=O)c1ccc(-n2cc(C(F)(F)F)cn2)s1)C(=O)O. The molecule has 1 aromatic carbocycles. The number of alkyl halides is 3. The van der Waals surface area contributed by atoms with Crippen LogP contribution in [0.1, 0.15) is 24.0 Å². The van der Waals surface area contributed by atoms with Crippen LogP contribution < -0.4 is 4.72 Å². The lowest BCUT2D eigenvalue weighted by Gasteiger charge is -2.15. The Bertz CT molecular complexity index is 1240. The molecule has 1 fully saturated rings. The van der Waals surface area contributed by atoms with Crippen molar-refractivity contribution in [2.45, 2.75) is 28.8 Å². The third-order valence-electron chi connectivity index (χ3n) is 5.38. The molecule has 164 valence electrons. The van der Waals surface area contributed by atoms with Gasteiger partial charge in [-0.05, 0) is 23.6 Å². The molecule has 31 heavy (non-hydrogen) atoms. The van der Waals surface area contributed by atoms with Crippen LogP contribution in [0.4, 0.5) is 13.2 Å². The highest BCUT2D eigenvalue weighted by molar-refractivity contribution is 7.91. The minimum absolute atomic E-state index is 0.142. The fourth-order valence-corrected chi connectivity index (χ4v) is 6.43. The van der Waals surface area contributed by atoms with Crippen LogP contribution in [0, 0.1) is 5.92 Å². The van der Waals surface area contributed by atoms with Gasteiger partial charge >= 0.3 is 12.1 Å². The van der Waals surface area contributed by atoms with Crippen molar-refractivity contribution in [1.82, 2.24) is 14.5 Å². The van der Waals surface area contributed by atoms with E-state index in [1.807, 2.05) is 0 Å². The highest BCUT2D eigenvalue weighted by Gasteiger charge is 2.70. The Balaban J connectivity index is 1.62. The topological polar surface area (TPSA) is 101 Å². The zero-order valence-corrected chi connectivity index (χ0v) is 17.5. The molecule has 3 aromatic rings. The van der Waals surface area contributed by atoms with E-state index in [4.69, 9.17) is 0 Å². The lowest BCUT2D eigenvalue weighted by molar-refractivity contribution is -0.140. The number of carboxylic acids is 1. The van der Waals surface area contributed by atoms with Crippen LogP contribution in [-0.2, 0) is 21.0 Å². The van der Waals surface area contributed by atoms with Crippen LogP contribution in [0.3, 0.4) is 0 Å². The molecule has 12 heteroatoms. The third-order valence-corrected chi connectivity index (χ3v) is 8.43. The number of sulfonamides is 1. The van der Waals surface area contributed by atoms with Gasteiger partial charge in [-0.3, -0.25) is 4.79 Å². The van der Waals surface area contributed by atoms with Crippen molar-refractivity contribution in [3.63, 3.8) is 0 Å². The number of benzene rings is 1. The predicted molar refractivity (Wildman–Crippen MR) is 105 cm³/mol. The fourth-order valence-electron chi connectivity index (χ4n) is 3.74. The summed E-state index contributed by atoms with van der Waals surface area (Å²) in [5, 5.41) is 13.6. The van der Waals surface area contributed by atoms with Crippen LogP contribution in [0.2, 0.25) is 0 Å². The van der Waals surface area contributed by atoms with Crippen molar-refractivity contribution < 1.29 is 31.5 Å². The molecule has 1 aliphatic carbocycles. The number of carbonyl (C=O) groups is 1. The molecule has 2 aromatic heterocycles. The zero-order chi connectivity index (χ0) is 22.6. The number of hydrogen-bond acceptors (Lipinski definition) is 5. The number of rotatable bonds is 6. The number of thiophene rings is 1. The van der Waals surface area contributed by atoms with Gasteiger partial charge in [-0.25, -0.2) is 13.1 Å². The standard InChI is InChI=1S/C19H16F3N3O4S2/c1-11-16(12-5-3-2-4-6-12)18(11,17(26)27)24-31(28,29)15-8-7-14(30-15)25-10-13(9-23-25)19(20,21)22/h2-11,16,24H,1H3,(H,26,27)/t11?,16-,18+/m1/s1. The van der Waals surface area contributed by atoms with Gasteiger partial charge in [0.25, 0.3) is 10.0 Å². The third kappa shape index (κ3) is 3.64. The number of nitrogens with one attached hydrogen (secondary N) is 1. The molecular formula is C19H16F3N3O4S2. The summed E-state index contributed by atoms with van der Waals surface area (Å²) in [6, 6.07) is 11.2. The van der Waals surface area contributed by atoms with Crippen LogP contribution in [0.25, 0.3) is 5.00 Å². The molecule has 0 saturated heterocycles. The van der Waals surface area contributed by atoms with Crippen LogP contribution in [-0.4, -0.2) is 34.8 Å². The summed E-state index contributed by atoms with van der Waals surface area (Å²) in [5.41, 5.74) is -1.98. The van der Waals surface area contributed by atoms with Crippen molar-refractivity contribution in [3.8, 4) is 5.00 Å². The molecular weight excluding hydrogens is 455 g/mol. The Kier molecular flexibility index (Phi) is 4.98. The maximum absolute atomic E-state index is 13.0. The van der Waals surface area contributed by atoms with E-state index in [-0.39, 0.29) is 9.21 Å². The van der Waals surface area contributed by atoms with E-state index in [2.05, 4.69) is 9.82 Å². The first kappa shape index (κ1) is 21.5. The number of nitrogens with zero attached hydrogens (tertiary/aromatic N) is 2. The summed E-state index contributed by atoms with van der Waals surface area (Å²) in [5.74, 6) is -2.35.